The van der Waals surface area contributed by atoms with E-state index in [9.17, 15) is 0 Å². The van der Waals surface area contributed by atoms with Gasteiger partial charge in [0.15, 0.2) is 0 Å². The van der Waals surface area contributed by atoms with Crippen molar-refractivity contribution in [3.63, 3.8) is 0 Å². The quantitative estimate of drug-likeness (QED) is 0.296. The van der Waals surface area contributed by atoms with Gasteiger partial charge in [0.05, 0.1) is 0 Å². The minimum atomic E-state index is 1.04. The SMILES string of the molecule is C=CC/C(CC)=C(CC)\C(CC)=C(/I)CC. The Morgan fingerprint density at radius 1 is 0.938 bits per heavy atom. The van der Waals surface area contributed by atoms with Crippen LogP contribution in [-0.2, 0) is 0 Å². The van der Waals surface area contributed by atoms with E-state index < -0.39 is 0 Å². The molecule has 0 N–H and O–H groups in total. The molecule has 0 fully saturated rings. The van der Waals surface area contributed by atoms with Crippen LogP contribution < -0.4 is 0 Å². The van der Waals surface area contributed by atoms with Crippen LogP contribution in [0.15, 0.2) is 33.0 Å². The van der Waals surface area contributed by atoms with E-state index in [-0.39, 0.29) is 0 Å². The first kappa shape index (κ1) is 16.0. The van der Waals surface area contributed by atoms with Gasteiger partial charge in [0.1, 0.15) is 0 Å². The molecule has 92 valence electrons. The van der Waals surface area contributed by atoms with Gasteiger partial charge >= 0.3 is 0 Å². The third kappa shape index (κ3) is 4.44. The third-order valence-electron chi connectivity index (χ3n) is 2.95. The fourth-order valence-electron chi connectivity index (χ4n) is 2.11. The molecular weight excluding hydrogens is 307 g/mol. The summed E-state index contributed by atoms with van der Waals surface area (Å²) in [4.78, 5) is 0. The second kappa shape index (κ2) is 9.03. The van der Waals surface area contributed by atoms with E-state index in [1.165, 1.54) is 3.58 Å². The van der Waals surface area contributed by atoms with Crippen molar-refractivity contribution in [1.82, 2.24) is 0 Å². The molecule has 1 heteroatoms. The minimum absolute atomic E-state index is 1.04. The van der Waals surface area contributed by atoms with Crippen molar-refractivity contribution >= 4 is 22.6 Å². The monoisotopic (exact) mass is 332 g/mol. The maximum Gasteiger partial charge on any atom is -0.00622 e. The lowest BCUT2D eigenvalue weighted by Crippen LogP contribution is -1.96. The molecule has 0 nitrogen and oxygen atoms in total. The summed E-state index contributed by atoms with van der Waals surface area (Å²) in [6.07, 6.45) is 7.66. The van der Waals surface area contributed by atoms with Crippen molar-refractivity contribution < 1.29 is 0 Å². The van der Waals surface area contributed by atoms with Gasteiger partial charge in [0.25, 0.3) is 0 Å². The van der Waals surface area contributed by atoms with Crippen molar-refractivity contribution in [2.24, 2.45) is 0 Å². The van der Waals surface area contributed by atoms with E-state index in [1.807, 2.05) is 6.08 Å². The highest BCUT2D eigenvalue weighted by molar-refractivity contribution is 14.1. The second-order valence-electron chi connectivity index (χ2n) is 3.87. The summed E-state index contributed by atoms with van der Waals surface area (Å²) in [7, 11) is 0. The van der Waals surface area contributed by atoms with Gasteiger partial charge in [-0.3, -0.25) is 0 Å². The molecule has 0 spiro atoms. The highest BCUT2D eigenvalue weighted by Crippen LogP contribution is 2.31. The Morgan fingerprint density at radius 3 is 1.81 bits per heavy atom. The van der Waals surface area contributed by atoms with E-state index >= 15 is 0 Å². The molecule has 0 bridgehead atoms. The summed E-state index contributed by atoms with van der Waals surface area (Å²) >= 11 is 2.50. The van der Waals surface area contributed by atoms with E-state index in [2.05, 4.69) is 56.9 Å². The molecule has 0 radical (unpaired) electrons. The summed E-state index contributed by atoms with van der Waals surface area (Å²) in [5.41, 5.74) is 4.72. The maximum atomic E-state index is 3.86. The fourth-order valence-corrected chi connectivity index (χ4v) is 2.82. The number of rotatable bonds is 7. The van der Waals surface area contributed by atoms with Gasteiger partial charge in [-0.15, -0.1) is 6.58 Å². The molecule has 0 rings (SSSR count). The van der Waals surface area contributed by atoms with Crippen LogP contribution in [0.2, 0.25) is 0 Å². The molecule has 0 aliphatic carbocycles. The van der Waals surface area contributed by atoms with Gasteiger partial charge < -0.3 is 0 Å². The van der Waals surface area contributed by atoms with Crippen LogP contribution in [0.5, 0.6) is 0 Å². The summed E-state index contributed by atoms with van der Waals surface area (Å²) in [5, 5.41) is 0. The topological polar surface area (TPSA) is 0 Å². The normalized spacial score (nSPS) is 14.3. The van der Waals surface area contributed by atoms with Crippen LogP contribution in [0.25, 0.3) is 0 Å². The molecule has 0 aromatic heterocycles. The van der Waals surface area contributed by atoms with Crippen molar-refractivity contribution in [1.29, 1.82) is 0 Å². The predicted molar refractivity (Wildman–Crippen MR) is 84.1 cm³/mol. The Kier molecular flexibility index (Phi) is 9.00. The zero-order chi connectivity index (χ0) is 12.6. The molecule has 0 atom stereocenters. The lowest BCUT2D eigenvalue weighted by Gasteiger charge is -2.16. The first-order chi connectivity index (χ1) is 7.65. The summed E-state index contributed by atoms with van der Waals surface area (Å²) in [6, 6.07) is 0. The highest BCUT2D eigenvalue weighted by atomic mass is 127. The smallest absolute Gasteiger partial charge is 0.00622 e. The molecule has 0 amide bonds. The number of halogens is 1. The number of hydrogen-bond donors (Lipinski definition) is 0. The van der Waals surface area contributed by atoms with Crippen LogP contribution in [0.3, 0.4) is 0 Å². The highest BCUT2D eigenvalue weighted by Gasteiger charge is 2.09. The van der Waals surface area contributed by atoms with Gasteiger partial charge in [0, 0.05) is 0 Å². The van der Waals surface area contributed by atoms with E-state index in [0.717, 1.165) is 32.1 Å². The Balaban J connectivity index is 5.44. The third-order valence-corrected chi connectivity index (χ3v) is 4.37. The van der Waals surface area contributed by atoms with Crippen LogP contribution >= 0.6 is 22.6 Å². The van der Waals surface area contributed by atoms with Gasteiger partial charge in [-0.05, 0) is 69.4 Å². The second-order valence-corrected chi connectivity index (χ2v) is 5.17. The maximum absolute atomic E-state index is 3.86. The van der Waals surface area contributed by atoms with Crippen LogP contribution in [0.1, 0.15) is 59.8 Å². The van der Waals surface area contributed by atoms with Crippen LogP contribution in [0, 0.1) is 0 Å². The Bertz CT molecular complexity index is 282. The molecule has 0 aromatic rings. The zero-order valence-corrected chi connectivity index (χ0v) is 13.4. The van der Waals surface area contributed by atoms with E-state index in [0.29, 0.717) is 0 Å². The molecule has 0 aliphatic heterocycles. The van der Waals surface area contributed by atoms with Crippen molar-refractivity contribution in [2.45, 2.75) is 59.8 Å². The summed E-state index contributed by atoms with van der Waals surface area (Å²) in [5.74, 6) is 0. The molecule has 0 saturated carbocycles. The van der Waals surface area contributed by atoms with Gasteiger partial charge in [-0.25, -0.2) is 0 Å². The molecular formula is C15H25I. The molecule has 0 saturated heterocycles. The number of allylic oxidation sites excluding steroid dienone is 5. The Labute approximate surface area is 115 Å². The predicted octanol–water partition coefficient (Wildman–Crippen LogP) is 6.19. The molecule has 0 aliphatic rings. The minimum Gasteiger partial charge on any atom is -0.103 e. The molecule has 0 heterocycles. The van der Waals surface area contributed by atoms with Gasteiger partial charge in [-0.2, -0.15) is 0 Å². The fraction of sp³-hybridized carbons (Fsp3) is 0.600. The van der Waals surface area contributed by atoms with E-state index in [1.54, 1.807) is 16.7 Å². The Hall–Kier alpha value is -0.0500. The summed E-state index contributed by atoms with van der Waals surface area (Å²) < 4.78 is 1.52. The van der Waals surface area contributed by atoms with Gasteiger partial charge in [-0.1, -0.05) is 39.3 Å². The van der Waals surface area contributed by atoms with Gasteiger partial charge in [0.2, 0.25) is 0 Å². The molecule has 0 unspecified atom stereocenters. The van der Waals surface area contributed by atoms with E-state index in [4.69, 9.17) is 0 Å². The average Bonchev–Trinajstić information content (AvgIpc) is 2.32. The number of hydrogen-bond acceptors (Lipinski definition) is 0. The van der Waals surface area contributed by atoms with Crippen LogP contribution in [0.4, 0.5) is 0 Å². The van der Waals surface area contributed by atoms with Crippen molar-refractivity contribution in [3.8, 4) is 0 Å². The Morgan fingerprint density at radius 2 is 1.50 bits per heavy atom. The summed E-state index contributed by atoms with van der Waals surface area (Å²) in [6.45, 7) is 12.9. The van der Waals surface area contributed by atoms with Crippen molar-refractivity contribution in [2.75, 3.05) is 0 Å². The lowest BCUT2D eigenvalue weighted by atomic mass is 9.92. The molecule has 16 heavy (non-hydrogen) atoms. The lowest BCUT2D eigenvalue weighted by molar-refractivity contribution is 0.918. The standard InChI is InChI=1S/C15H25I/c1-6-11-12(7-2)13(8-3)14(9-4)15(16)10-5/h6H,1,7-11H2,2-5H3/b13-12-,15-14-. The zero-order valence-electron chi connectivity index (χ0n) is 11.2. The average molecular weight is 332 g/mol. The molecule has 0 aromatic carbocycles. The van der Waals surface area contributed by atoms with Crippen LogP contribution in [-0.4, -0.2) is 0 Å². The first-order valence-corrected chi connectivity index (χ1v) is 7.43. The van der Waals surface area contributed by atoms with Crippen molar-refractivity contribution in [3.05, 3.63) is 33.0 Å². The largest absolute Gasteiger partial charge is 0.103 e. The first-order valence-electron chi connectivity index (χ1n) is 6.35.